The molecule has 0 bridgehead atoms. The Morgan fingerprint density at radius 2 is 2.11 bits per heavy atom. The standard InChI is InChI=1S/C14H14ClNO3/c1-2-18-12-6-4-3-5-11(12)16-14(17)13-8-7-10(9-15)19-13/h3-8H,2,9H2,1H3,(H,16,17). The first-order valence-electron chi connectivity index (χ1n) is 5.92. The van der Waals surface area contributed by atoms with E-state index in [4.69, 9.17) is 20.8 Å². The summed E-state index contributed by atoms with van der Waals surface area (Å²) in [5.74, 6) is 1.32. The summed E-state index contributed by atoms with van der Waals surface area (Å²) in [6.45, 7) is 2.42. The van der Waals surface area contributed by atoms with Crippen LogP contribution in [0.3, 0.4) is 0 Å². The largest absolute Gasteiger partial charge is 0.492 e. The van der Waals surface area contributed by atoms with Gasteiger partial charge in [0.2, 0.25) is 0 Å². The second kappa shape index (κ2) is 6.29. The first-order valence-corrected chi connectivity index (χ1v) is 6.46. The number of furan rings is 1. The molecular weight excluding hydrogens is 266 g/mol. The minimum Gasteiger partial charge on any atom is -0.492 e. The Morgan fingerprint density at radius 1 is 1.32 bits per heavy atom. The fraction of sp³-hybridized carbons (Fsp3) is 0.214. The molecule has 2 aromatic rings. The summed E-state index contributed by atoms with van der Waals surface area (Å²) in [5.41, 5.74) is 0.609. The zero-order valence-electron chi connectivity index (χ0n) is 10.5. The minimum atomic E-state index is -0.330. The molecule has 1 heterocycles. The molecule has 0 radical (unpaired) electrons. The number of ether oxygens (including phenoxy) is 1. The number of nitrogens with one attached hydrogen (secondary N) is 1. The number of benzene rings is 1. The van der Waals surface area contributed by atoms with E-state index in [1.165, 1.54) is 0 Å². The van der Waals surface area contributed by atoms with Crippen molar-refractivity contribution in [2.24, 2.45) is 0 Å². The molecule has 1 aromatic heterocycles. The highest BCUT2D eigenvalue weighted by atomic mass is 35.5. The zero-order valence-corrected chi connectivity index (χ0v) is 11.2. The number of amides is 1. The SMILES string of the molecule is CCOc1ccccc1NC(=O)c1ccc(CCl)o1. The Hall–Kier alpha value is -1.94. The average Bonchev–Trinajstić information content (AvgIpc) is 2.90. The quantitative estimate of drug-likeness (QED) is 0.850. The lowest BCUT2D eigenvalue weighted by molar-refractivity contribution is 0.0995. The van der Waals surface area contributed by atoms with Gasteiger partial charge in [-0.2, -0.15) is 0 Å². The molecule has 0 aliphatic heterocycles. The van der Waals surface area contributed by atoms with Gasteiger partial charge in [-0.1, -0.05) is 12.1 Å². The molecule has 100 valence electrons. The van der Waals surface area contributed by atoms with Crippen LogP contribution in [-0.4, -0.2) is 12.5 Å². The van der Waals surface area contributed by atoms with Crippen LogP contribution in [0, 0.1) is 0 Å². The van der Waals surface area contributed by atoms with Crippen LogP contribution in [0.15, 0.2) is 40.8 Å². The van der Waals surface area contributed by atoms with E-state index in [9.17, 15) is 4.79 Å². The van der Waals surface area contributed by atoms with Gasteiger partial charge < -0.3 is 14.5 Å². The maximum Gasteiger partial charge on any atom is 0.291 e. The van der Waals surface area contributed by atoms with Crippen LogP contribution in [0.25, 0.3) is 0 Å². The molecule has 0 unspecified atom stereocenters. The summed E-state index contributed by atoms with van der Waals surface area (Å²) < 4.78 is 10.7. The van der Waals surface area contributed by atoms with E-state index in [0.29, 0.717) is 23.8 Å². The summed E-state index contributed by atoms with van der Waals surface area (Å²) in [6.07, 6.45) is 0. The summed E-state index contributed by atoms with van der Waals surface area (Å²) in [4.78, 5) is 12.0. The molecule has 0 saturated heterocycles. The Morgan fingerprint density at radius 3 is 2.79 bits per heavy atom. The monoisotopic (exact) mass is 279 g/mol. The van der Waals surface area contributed by atoms with Crippen molar-refractivity contribution in [3.63, 3.8) is 0 Å². The minimum absolute atomic E-state index is 0.224. The highest BCUT2D eigenvalue weighted by molar-refractivity contribution is 6.16. The molecule has 0 aliphatic carbocycles. The molecule has 1 N–H and O–H groups in total. The number of alkyl halides is 1. The molecule has 19 heavy (non-hydrogen) atoms. The van der Waals surface area contributed by atoms with Crippen molar-refractivity contribution in [3.8, 4) is 5.75 Å². The lowest BCUT2D eigenvalue weighted by Gasteiger charge is -2.10. The number of rotatable bonds is 5. The smallest absolute Gasteiger partial charge is 0.291 e. The Bertz CT molecular complexity index is 565. The van der Waals surface area contributed by atoms with Gasteiger partial charge >= 0.3 is 0 Å². The van der Waals surface area contributed by atoms with E-state index in [0.717, 1.165) is 0 Å². The lowest BCUT2D eigenvalue weighted by Crippen LogP contribution is -2.12. The topological polar surface area (TPSA) is 51.5 Å². The second-order valence-electron chi connectivity index (χ2n) is 3.78. The molecule has 0 atom stereocenters. The van der Waals surface area contributed by atoms with E-state index in [-0.39, 0.29) is 17.5 Å². The Kier molecular flexibility index (Phi) is 4.47. The van der Waals surface area contributed by atoms with Crippen LogP contribution >= 0.6 is 11.6 Å². The molecule has 1 amide bonds. The van der Waals surface area contributed by atoms with Crippen LogP contribution < -0.4 is 10.1 Å². The fourth-order valence-electron chi connectivity index (χ4n) is 1.61. The molecule has 0 aliphatic rings. The number of anilines is 1. The van der Waals surface area contributed by atoms with Gasteiger partial charge in [-0.15, -0.1) is 11.6 Å². The maximum atomic E-state index is 12.0. The molecule has 4 nitrogen and oxygen atoms in total. The number of para-hydroxylation sites is 2. The number of carbonyl (C=O) groups is 1. The molecule has 1 aromatic carbocycles. The lowest BCUT2D eigenvalue weighted by atomic mass is 10.3. The number of carbonyl (C=O) groups excluding carboxylic acids is 1. The van der Waals surface area contributed by atoms with Crippen molar-refractivity contribution in [1.82, 2.24) is 0 Å². The van der Waals surface area contributed by atoms with Crippen molar-refractivity contribution in [2.45, 2.75) is 12.8 Å². The molecule has 0 saturated carbocycles. The summed E-state index contributed by atoms with van der Waals surface area (Å²) in [5, 5.41) is 2.75. The van der Waals surface area contributed by atoms with E-state index in [1.807, 2.05) is 19.1 Å². The molecule has 0 fully saturated rings. The van der Waals surface area contributed by atoms with E-state index >= 15 is 0 Å². The fourth-order valence-corrected chi connectivity index (χ4v) is 1.75. The normalized spacial score (nSPS) is 10.2. The number of hydrogen-bond donors (Lipinski definition) is 1. The maximum absolute atomic E-state index is 12.0. The van der Waals surface area contributed by atoms with Gasteiger partial charge in [0.15, 0.2) is 5.76 Å². The zero-order chi connectivity index (χ0) is 13.7. The third-order valence-electron chi connectivity index (χ3n) is 2.45. The Balaban J connectivity index is 2.14. The Labute approximate surface area is 116 Å². The van der Waals surface area contributed by atoms with Crippen LogP contribution in [-0.2, 0) is 5.88 Å². The number of hydrogen-bond acceptors (Lipinski definition) is 3. The van der Waals surface area contributed by atoms with Gasteiger partial charge in [-0.25, -0.2) is 0 Å². The third kappa shape index (κ3) is 3.29. The first kappa shape index (κ1) is 13.5. The molecule has 0 spiro atoms. The van der Waals surface area contributed by atoms with Gasteiger partial charge in [0.05, 0.1) is 18.2 Å². The molecule has 5 heteroatoms. The van der Waals surface area contributed by atoms with Crippen LogP contribution in [0.4, 0.5) is 5.69 Å². The second-order valence-corrected chi connectivity index (χ2v) is 4.05. The summed E-state index contributed by atoms with van der Waals surface area (Å²) >= 11 is 5.63. The van der Waals surface area contributed by atoms with Gasteiger partial charge in [0.1, 0.15) is 11.5 Å². The van der Waals surface area contributed by atoms with Gasteiger partial charge in [-0.05, 0) is 31.2 Å². The summed E-state index contributed by atoms with van der Waals surface area (Å²) in [7, 11) is 0. The average molecular weight is 280 g/mol. The predicted octanol–water partition coefficient (Wildman–Crippen LogP) is 3.67. The van der Waals surface area contributed by atoms with Crippen molar-refractivity contribution in [2.75, 3.05) is 11.9 Å². The van der Waals surface area contributed by atoms with E-state index < -0.39 is 0 Å². The predicted molar refractivity (Wildman–Crippen MR) is 73.8 cm³/mol. The summed E-state index contributed by atoms with van der Waals surface area (Å²) in [6, 6.07) is 10.5. The van der Waals surface area contributed by atoms with Crippen molar-refractivity contribution in [3.05, 3.63) is 47.9 Å². The molecule has 2 rings (SSSR count). The van der Waals surface area contributed by atoms with Gasteiger partial charge in [-0.3, -0.25) is 4.79 Å². The van der Waals surface area contributed by atoms with Gasteiger partial charge in [0, 0.05) is 0 Å². The van der Waals surface area contributed by atoms with Crippen LogP contribution in [0.1, 0.15) is 23.2 Å². The van der Waals surface area contributed by atoms with Gasteiger partial charge in [0.25, 0.3) is 5.91 Å². The van der Waals surface area contributed by atoms with Crippen molar-refractivity contribution >= 4 is 23.2 Å². The highest BCUT2D eigenvalue weighted by Crippen LogP contribution is 2.24. The van der Waals surface area contributed by atoms with Crippen LogP contribution in [0.2, 0.25) is 0 Å². The van der Waals surface area contributed by atoms with Crippen molar-refractivity contribution < 1.29 is 13.9 Å². The van der Waals surface area contributed by atoms with Crippen molar-refractivity contribution in [1.29, 1.82) is 0 Å². The van der Waals surface area contributed by atoms with E-state index in [2.05, 4.69) is 5.32 Å². The van der Waals surface area contributed by atoms with Crippen LogP contribution in [0.5, 0.6) is 5.75 Å². The molecular formula is C14H14ClNO3. The third-order valence-corrected chi connectivity index (χ3v) is 2.72. The first-order chi connectivity index (χ1) is 9.24. The highest BCUT2D eigenvalue weighted by Gasteiger charge is 2.13. The number of halogens is 1. The van der Waals surface area contributed by atoms with E-state index in [1.54, 1.807) is 24.3 Å².